The van der Waals surface area contributed by atoms with Crippen molar-refractivity contribution in [3.8, 4) is 22.3 Å². The lowest BCUT2D eigenvalue weighted by atomic mass is 9.80. The zero-order valence-corrected chi connectivity index (χ0v) is 38.2. The average Bonchev–Trinajstić information content (AvgIpc) is 3.76. The molecule has 3 aliphatic rings. The summed E-state index contributed by atoms with van der Waals surface area (Å²) in [4.78, 5) is 5.20. The molecule has 0 spiro atoms. The number of anilines is 5. The Balaban J connectivity index is 1.07. The van der Waals surface area contributed by atoms with Gasteiger partial charge >= 0.3 is 0 Å². The van der Waals surface area contributed by atoms with Crippen molar-refractivity contribution in [1.29, 1.82) is 0 Å². The Hall–Kier alpha value is -7.94. The van der Waals surface area contributed by atoms with Crippen LogP contribution in [0, 0.1) is 0 Å². The third kappa shape index (κ3) is 6.69. The zero-order chi connectivity index (χ0) is 45.0. The maximum atomic E-state index is 2.61. The molecule has 68 heavy (non-hydrogen) atoms. The fourth-order valence-corrected chi connectivity index (χ4v) is 12.2. The molecule has 0 saturated heterocycles. The van der Waals surface area contributed by atoms with E-state index < -0.39 is 0 Å². The number of hydrogen-bond donors (Lipinski definition) is 0. The molecule has 10 aromatic carbocycles. The maximum Gasteiger partial charge on any atom is 0.0702 e. The number of fused-ring (bicyclic) bond motifs is 7. The van der Waals surface area contributed by atoms with Crippen LogP contribution in [0.1, 0.15) is 60.6 Å². The number of benzene rings is 10. The van der Waals surface area contributed by atoms with Crippen LogP contribution in [0.25, 0.3) is 60.1 Å². The lowest BCUT2D eigenvalue weighted by Crippen LogP contribution is -2.34. The third-order valence-corrected chi connectivity index (χ3v) is 15.2. The highest BCUT2D eigenvalue weighted by Gasteiger charge is 2.42. The van der Waals surface area contributed by atoms with E-state index in [4.69, 9.17) is 0 Å². The molecule has 13 rings (SSSR count). The topological polar surface area (TPSA) is 6.48 Å². The molecule has 0 aromatic heterocycles. The Labute approximate surface area is 399 Å². The molecule has 2 unspecified atom stereocenters. The summed E-state index contributed by atoms with van der Waals surface area (Å²) in [6.07, 6.45) is 13.5. The molecule has 0 amide bonds. The van der Waals surface area contributed by atoms with Gasteiger partial charge in [0.25, 0.3) is 0 Å². The van der Waals surface area contributed by atoms with Gasteiger partial charge in [0.15, 0.2) is 0 Å². The number of rotatable bonds is 8. The highest BCUT2D eigenvalue weighted by atomic mass is 15.2. The largest absolute Gasteiger partial charge is 0.332 e. The van der Waals surface area contributed by atoms with Crippen LogP contribution in [0.3, 0.4) is 0 Å². The van der Waals surface area contributed by atoms with Gasteiger partial charge in [0.05, 0.1) is 23.1 Å². The van der Waals surface area contributed by atoms with E-state index in [1.807, 2.05) is 0 Å². The van der Waals surface area contributed by atoms with Crippen LogP contribution in [0.4, 0.5) is 28.4 Å². The third-order valence-electron chi connectivity index (χ3n) is 15.2. The monoisotopic (exact) mass is 872 g/mol. The van der Waals surface area contributed by atoms with E-state index in [9.17, 15) is 0 Å². The minimum absolute atomic E-state index is 0.0278. The lowest BCUT2D eigenvalue weighted by molar-refractivity contribution is 0.445. The molecule has 2 aliphatic carbocycles. The first-order chi connectivity index (χ1) is 33.8. The molecule has 2 nitrogen and oxygen atoms in total. The van der Waals surface area contributed by atoms with Gasteiger partial charge in [-0.25, -0.2) is 0 Å². The summed E-state index contributed by atoms with van der Waals surface area (Å²) < 4.78 is 0. The Morgan fingerprint density at radius 3 is 1.81 bits per heavy atom. The molecule has 1 aliphatic heterocycles. The van der Waals surface area contributed by atoms with E-state index in [1.54, 1.807) is 0 Å². The standard InChI is InChI=1S/C66H52N2/c1-3-21-45(22-4-1)50-33-17-24-47-25-18-36-58(65(47)50)55-30-10-15-41-63(55)68(62-40-14-9-29-54(62)52-35-19-34-51-49-28-8-7-23-46(49)43-44-53(51)52)64-42-16-12-32-57(64)60-38-20-37-59-56-31-11-13-39-61(56)67(66(59)60)48-26-5-2-6-27-48/h2,5-20,23-45,60,66H,1,3-4,21-22H2. The van der Waals surface area contributed by atoms with Gasteiger partial charge < -0.3 is 9.80 Å². The van der Waals surface area contributed by atoms with Gasteiger partial charge in [0.1, 0.15) is 0 Å². The fourth-order valence-electron chi connectivity index (χ4n) is 12.2. The molecule has 10 aromatic rings. The minimum atomic E-state index is 0.0278. The van der Waals surface area contributed by atoms with E-state index in [-0.39, 0.29) is 12.0 Å². The molecule has 0 radical (unpaired) electrons. The zero-order valence-electron chi connectivity index (χ0n) is 38.2. The van der Waals surface area contributed by atoms with E-state index in [0.717, 1.165) is 11.4 Å². The van der Waals surface area contributed by atoms with Gasteiger partial charge in [0.2, 0.25) is 0 Å². The van der Waals surface area contributed by atoms with Crippen molar-refractivity contribution >= 4 is 66.3 Å². The van der Waals surface area contributed by atoms with Crippen LogP contribution >= 0.6 is 0 Å². The Kier molecular flexibility index (Phi) is 10.1. The molecule has 1 saturated carbocycles. The van der Waals surface area contributed by atoms with E-state index in [0.29, 0.717) is 5.92 Å². The van der Waals surface area contributed by atoms with E-state index in [1.165, 1.54) is 126 Å². The van der Waals surface area contributed by atoms with Crippen molar-refractivity contribution in [2.75, 3.05) is 9.80 Å². The van der Waals surface area contributed by atoms with Crippen molar-refractivity contribution in [3.63, 3.8) is 0 Å². The van der Waals surface area contributed by atoms with E-state index in [2.05, 4.69) is 246 Å². The molecule has 326 valence electrons. The van der Waals surface area contributed by atoms with Crippen molar-refractivity contribution < 1.29 is 0 Å². The molecule has 2 heteroatoms. The van der Waals surface area contributed by atoms with Crippen molar-refractivity contribution in [1.82, 2.24) is 0 Å². The van der Waals surface area contributed by atoms with E-state index >= 15 is 0 Å². The molecule has 0 N–H and O–H groups in total. The van der Waals surface area contributed by atoms with Crippen molar-refractivity contribution in [3.05, 3.63) is 253 Å². The summed E-state index contributed by atoms with van der Waals surface area (Å²) in [7, 11) is 0. The minimum Gasteiger partial charge on any atom is -0.332 e. The molecule has 2 atom stereocenters. The number of nitrogens with zero attached hydrogens (tertiary/aromatic N) is 2. The molecule has 1 fully saturated rings. The summed E-state index contributed by atoms with van der Waals surface area (Å²) in [6, 6.07) is 81.8. The smallest absolute Gasteiger partial charge is 0.0702 e. The highest BCUT2D eigenvalue weighted by Crippen LogP contribution is 2.55. The van der Waals surface area contributed by atoms with Gasteiger partial charge in [-0.15, -0.1) is 0 Å². The van der Waals surface area contributed by atoms with Gasteiger partial charge in [0, 0.05) is 34.0 Å². The number of para-hydroxylation sites is 5. The predicted molar refractivity (Wildman–Crippen MR) is 289 cm³/mol. The summed E-state index contributed by atoms with van der Waals surface area (Å²) in [5.74, 6) is 0.587. The van der Waals surface area contributed by atoms with Gasteiger partial charge in [-0.3, -0.25) is 0 Å². The maximum absolute atomic E-state index is 2.61. The quantitative estimate of drug-likeness (QED) is 0.140. The van der Waals surface area contributed by atoms with Crippen LogP contribution in [0.5, 0.6) is 0 Å². The Morgan fingerprint density at radius 1 is 0.397 bits per heavy atom. The SMILES string of the molecule is C1=CC(c2ccccc2N(c2ccccc2-c2cccc3c2ccc2ccccc23)c2ccccc2-c2cccc3cccc(C4CCCCC4)c23)C2C(=C1)c1ccccc1N2c1ccccc1. The second-order valence-corrected chi connectivity index (χ2v) is 18.9. The summed E-state index contributed by atoms with van der Waals surface area (Å²) in [6.45, 7) is 0. The highest BCUT2D eigenvalue weighted by molar-refractivity contribution is 6.13. The average molecular weight is 873 g/mol. The molecular formula is C66H52N2. The number of hydrogen-bond acceptors (Lipinski definition) is 2. The van der Waals surface area contributed by atoms with Gasteiger partial charge in [-0.2, -0.15) is 0 Å². The van der Waals surface area contributed by atoms with Crippen molar-refractivity contribution in [2.45, 2.75) is 50.0 Å². The summed E-state index contributed by atoms with van der Waals surface area (Å²) in [5.41, 5.74) is 16.3. The second kappa shape index (κ2) is 17.0. The Bertz CT molecular complexity index is 3590. The first-order valence-corrected chi connectivity index (χ1v) is 24.6. The fraction of sp³-hybridized carbons (Fsp3) is 0.121. The van der Waals surface area contributed by atoms with Gasteiger partial charge in [-0.1, -0.05) is 219 Å². The Morgan fingerprint density at radius 2 is 0.985 bits per heavy atom. The lowest BCUT2D eigenvalue weighted by Gasteiger charge is -2.38. The van der Waals surface area contributed by atoms with Crippen molar-refractivity contribution in [2.24, 2.45) is 0 Å². The van der Waals surface area contributed by atoms with Gasteiger partial charge in [-0.05, 0) is 115 Å². The van der Waals surface area contributed by atoms with Crippen LogP contribution in [0.2, 0.25) is 0 Å². The summed E-state index contributed by atoms with van der Waals surface area (Å²) in [5, 5.41) is 7.74. The normalized spacial score (nSPS) is 16.8. The van der Waals surface area contributed by atoms with Crippen LogP contribution < -0.4 is 9.80 Å². The van der Waals surface area contributed by atoms with Crippen LogP contribution in [-0.2, 0) is 0 Å². The predicted octanol–water partition coefficient (Wildman–Crippen LogP) is 18.3. The molecule has 0 bridgehead atoms. The van der Waals surface area contributed by atoms with Crippen LogP contribution in [0.15, 0.2) is 237 Å². The first-order valence-electron chi connectivity index (χ1n) is 24.6. The molecular weight excluding hydrogens is 821 g/mol. The van der Waals surface area contributed by atoms with Crippen LogP contribution in [-0.4, -0.2) is 6.04 Å². The number of allylic oxidation sites excluding steroid dienone is 2. The second-order valence-electron chi connectivity index (χ2n) is 18.9. The summed E-state index contributed by atoms with van der Waals surface area (Å²) >= 11 is 0. The first kappa shape index (κ1) is 40.3. The molecule has 1 heterocycles.